The maximum atomic E-state index is 13.1. The highest BCUT2D eigenvalue weighted by Crippen LogP contribution is 2.37. The van der Waals surface area contributed by atoms with Gasteiger partial charge in [-0.1, -0.05) is 30.3 Å². The Morgan fingerprint density at radius 3 is 2.00 bits per heavy atom. The molecule has 0 aromatic heterocycles. The first-order valence-corrected chi connectivity index (χ1v) is 9.70. The van der Waals surface area contributed by atoms with Crippen LogP contribution in [0.5, 0.6) is 0 Å². The van der Waals surface area contributed by atoms with Gasteiger partial charge in [-0.3, -0.25) is 0 Å². The van der Waals surface area contributed by atoms with Crippen LogP contribution in [0.3, 0.4) is 0 Å². The third-order valence-corrected chi connectivity index (χ3v) is 5.49. The molecule has 3 nitrogen and oxygen atoms in total. The van der Waals surface area contributed by atoms with E-state index in [0.717, 1.165) is 5.56 Å². The van der Waals surface area contributed by atoms with E-state index in [-0.39, 0.29) is 24.8 Å². The van der Waals surface area contributed by atoms with Gasteiger partial charge in [-0.25, -0.2) is 0 Å². The van der Waals surface area contributed by atoms with Crippen LogP contribution in [0.1, 0.15) is 42.0 Å². The molecule has 0 amide bonds. The van der Waals surface area contributed by atoms with Crippen LogP contribution in [0.15, 0.2) is 48.5 Å². The highest BCUT2D eigenvalue weighted by Gasteiger charge is 2.41. The lowest BCUT2D eigenvalue weighted by Gasteiger charge is -2.44. The van der Waals surface area contributed by atoms with Gasteiger partial charge in [-0.05, 0) is 49.1 Å². The number of halogens is 6. The molecule has 0 saturated carbocycles. The molecule has 0 aliphatic carbocycles. The van der Waals surface area contributed by atoms with E-state index in [1.165, 1.54) is 0 Å². The van der Waals surface area contributed by atoms with E-state index < -0.39 is 41.2 Å². The summed E-state index contributed by atoms with van der Waals surface area (Å²) in [5.41, 5.74) is -3.71. The Kier molecular flexibility index (Phi) is 6.42. The fourth-order valence-corrected chi connectivity index (χ4v) is 3.67. The summed E-state index contributed by atoms with van der Waals surface area (Å²) in [5, 5.41) is 13.5. The first-order valence-electron chi connectivity index (χ1n) is 9.70. The third kappa shape index (κ3) is 5.78. The lowest BCUT2D eigenvalue weighted by Crippen LogP contribution is -2.57. The molecule has 1 saturated heterocycles. The molecule has 9 heteroatoms. The number of rotatable bonds is 5. The summed E-state index contributed by atoms with van der Waals surface area (Å²) >= 11 is 0. The number of nitrogens with one attached hydrogen (secondary N) is 1. The highest BCUT2D eigenvalue weighted by molar-refractivity contribution is 5.33. The Hall–Kier alpha value is -2.10. The normalized spacial score (nSPS) is 24.9. The molecule has 0 spiro atoms. The van der Waals surface area contributed by atoms with Crippen molar-refractivity contribution >= 4 is 0 Å². The Balaban J connectivity index is 1.81. The number of ether oxygens (including phenoxy) is 1. The molecule has 0 unspecified atom stereocenters. The van der Waals surface area contributed by atoms with Gasteiger partial charge >= 0.3 is 12.4 Å². The number of β-amino-alcohol motifs (C(OH)–C–C–N with tert-alkyl or cyclic N) is 1. The zero-order valence-electron chi connectivity index (χ0n) is 16.8. The number of alkyl halides is 6. The van der Waals surface area contributed by atoms with Crippen LogP contribution in [-0.4, -0.2) is 23.9 Å². The molecule has 2 aromatic rings. The molecule has 0 bridgehead atoms. The first kappa shape index (κ1) is 23.6. The Bertz CT molecular complexity index is 851. The Labute approximate surface area is 176 Å². The lowest BCUT2D eigenvalue weighted by molar-refractivity contribution is -0.143. The number of hydrogen-bond donors (Lipinski definition) is 2. The number of benzene rings is 2. The maximum Gasteiger partial charge on any atom is 0.416 e. The molecule has 31 heavy (non-hydrogen) atoms. The second-order valence-electron chi connectivity index (χ2n) is 8.21. The lowest BCUT2D eigenvalue weighted by atomic mass is 9.78. The van der Waals surface area contributed by atoms with E-state index in [1.54, 1.807) is 6.92 Å². The SMILES string of the molecule is C[C@@]1(O)CC[C@@](COCc2cc(C(F)(F)F)cc(C(F)(F)F)c2)(c2ccccc2)NC1. The van der Waals surface area contributed by atoms with Crippen molar-refractivity contribution in [2.75, 3.05) is 13.2 Å². The Morgan fingerprint density at radius 1 is 0.935 bits per heavy atom. The topological polar surface area (TPSA) is 41.5 Å². The van der Waals surface area contributed by atoms with Crippen molar-refractivity contribution in [3.63, 3.8) is 0 Å². The molecule has 1 heterocycles. The summed E-state index contributed by atoms with van der Waals surface area (Å²) in [5.74, 6) is 0. The predicted molar refractivity (Wildman–Crippen MR) is 102 cm³/mol. The van der Waals surface area contributed by atoms with Crippen LogP contribution in [-0.2, 0) is 29.2 Å². The van der Waals surface area contributed by atoms with Gasteiger partial charge < -0.3 is 15.2 Å². The monoisotopic (exact) mass is 447 g/mol. The number of piperidine rings is 1. The van der Waals surface area contributed by atoms with Crippen LogP contribution in [0.4, 0.5) is 26.3 Å². The van der Waals surface area contributed by atoms with E-state index in [2.05, 4.69) is 5.32 Å². The maximum absolute atomic E-state index is 13.1. The Morgan fingerprint density at radius 2 is 1.52 bits per heavy atom. The van der Waals surface area contributed by atoms with Gasteiger partial charge in [0.05, 0.1) is 35.5 Å². The average Bonchev–Trinajstić information content (AvgIpc) is 2.69. The van der Waals surface area contributed by atoms with Crippen molar-refractivity contribution in [1.82, 2.24) is 5.32 Å². The van der Waals surface area contributed by atoms with E-state index in [1.807, 2.05) is 30.3 Å². The summed E-state index contributed by atoms with van der Waals surface area (Å²) in [6.07, 6.45) is -8.87. The minimum absolute atomic E-state index is 0.0185. The molecule has 1 aliphatic rings. The molecule has 2 atom stereocenters. The summed E-state index contributed by atoms with van der Waals surface area (Å²) in [4.78, 5) is 0. The van der Waals surface area contributed by atoms with Gasteiger partial charge in [0.25, 0.3) is 0 Å². The van der Waals surface area contributed by atoms with E-state index in [4.69, 9.17) is 4.74 Å². The van der Waals surface area contributed by atoms with Gasteiger partial charge in [0, 0.05) is 6.54 Å². The largest absolute Gasteiger partial charge is 0.416 e. The molecule has 2 aromatic carbocycles. The molecule has 2 N–H and O–H groups in total. The van der Waals surface area contributed by atoms with Crippen LogP contribution in [0.25, 0.3) is 0 Å². The van der Waals surface area contributed by atoms with Crippen molar-refractivity contribution in [3.8, 4) is 0 Å². The van der Waals surface area contributed by atoms with Gasteiger partial charge in [0.2, 0.25) is 0 Å². The molecule has 1 aliphatic heterocycles. The standard InChI is InChI=1S/C22H23F6NO2/c1-19(30)7-8-20(29-13-19,16-5-3-2-4-6-16)14-31-12-15-9-17(21(23,24)25)11-18(10-15)22(26,27)28/h2-6,9-11,29-30H,7-8,12-14H2,1H3/t19-,20-/m1/s1. The predicted octanol–water partition coefficient (Wildman–Crippen LogP) is 5.27. The summed E-state index contributed by atoms with van der Waals surface area (Å²) in [6.45, 7) is 1.56. The molecular formula is C22H23F6NO2. The van der Waals surface area contributed by atoms with Crippen LogP contribution in [0, 0.1) is 0 Å². The van der Waals surface area contributed by atoms with E-state index in [9.17, 15) is 31.4 Å². The molecule has 3 rings (SSSR count). The second kappa shape index (κ2) is 8.44. The van der Waals surface area contributed by atoms with Crippen molar-refractivity contribution < 1.29 is 36.2 Å². The summed E-state index contributed by atoms with van der Waals surface area (Å²) in [7, 11) is 0. The van der Waals surface area contributed by atoms with Crippen LogP contribution >= 0.6 is 0 Å². The molecular weight excluding hydrogens is 424 g/mol. The zero-order valence-corrected chi connectivity index (χ0v) is 16.8. The van der Waals surface area contributed by atoms with Crippen molar-refractivity contribution in [3.05, 3.63) is 70.8 Å². The van der Waals surface area contributed by atoms with E-state index in [0.29, 0.717) is 25.0 Å². The highest BCUT2D eigenvalue weighted by atomic mass is 19.4. The molecule has 170 valence electrons. The van der Waals surface area contributed by atoms with Crippen molar-refractivity contribution in [2.24, 2.45) is 0 Å². The zero-order chi connectivity index (χ0) is 22.9. The van der Waals surface area contributed by atoms with Gasteiger partial charge in [-0.15, -0.1) is 0 Å². The number of aliphatic hydroxyl groups is 1. The van der Waals surface area contributed by atoms with Crippen molar-refractivity contribution in [2.45, 2.75) is 49.9 Å². The minimum atomic E-state index is -4.90. The van der Waals surface area contributed by atoms with Gasteiger partial charge in [-0.2, -0.15) is 26.3 Å². The molecule has 1 fully saturated rings. The fourth-order valence-electron chi connectivity index (χ4n) is 3.67. The van der Waals surface area contributed by atoms with Gasteiger partial charge in [0.1, 0.15) is 0 Å². The van der Waals surface area contributed by atoms with Crippen molar-refractivity contribution in [1.29, 1.82) is 0 Å². The quantitative estimate of drug-likeness (QED) is 0.614. The summed E-state index contributed by atoms with van der Waals surface area (Å²) in [6, 6.07) is 10.7. The van der Waals surface area contributed by atoms with Crippen LogP contribution in [0.2, 0.25) is 0 Å². The fraction of sp³-hybridized carbons (Fsp3) is 0.455. The van der Waals surface area contributed by atoms with E-state index >= 15 is 0 Å². The van der Waals surface area contributed by atoms with Crippen LogP contribution < -0.4 is 5.32 Å². The first-order chi connectivity index (χ1) is 14.3. The third-order valence-electron chi connectivity index (χ3n) is 5.49. The second-order valence-corrected chi connectivity index (χ2v) is 8.21. The molecule has 0 radical (unpaired) electrons. The number of hydrogen-bond acceptors (Lipinski definition) is 3. The average molecular weight is 447 g/mol. The van der Waals surface area contributed by atoms with Gasteiger partial charge in [0.15, 0.2) is 0 Å². The smallest absolute Gasteiger partial charge is 0.389 e. The minimum Gasteiger partial charge on any atom is -0.389 e. The summed E-state index contributed by atoms with van der Waals surface area (Å²) < 4.78 is 84.0.